The van der Waals surface area contributed by atoms with Crippen LogP contribution in [0, 0.1) is 0 Å². The van der Waals surface area contributed by atoms with Crippen LogP contribution in [0.25, 0.3) is 0 Å². The molecule has 0 heterocycles. The third kappa shape index (κ3) is 4.06. The van der Waals surface area contributed by atoms with E-state index >= 15 is 0 Å². The van der Waals surface area contributed by atoms with Crippen molar-refractivity contribution in [1.29, 1.82) is 0 Å². The Balaban J connectivity index is 2.56. The van der Waals surface area contributed by atoms with Gasteiger partial charge in [0.05, 0.1) is 7.11 Å². The summed E-state index contributed by atoms with van der Waals surface area (Å²) >= 11 is 2.00. The van der Waals surface area contributed by atoms with E-state index in [0.717, 1.165) is 11.5 Å². The highest BCUT2D eigenvalue weighted by Gasteiger charge is 2.08. The average molecular weight is 239 g/mol. The quantitative estimate of drug-likeness (QED) is 0.739. The van der Waals surface area contributed by atoms with E-state index in [-0.39, 0.29) is 0 Å². The minimum Gasteiger partial charge on any atom is -0.497 e. The van der Waals surface area contributed by atoms with E-state index in [0.29, 0.717) is 6.04 Å². The van der Waals surface area contributed by atoms with Gasteiger partial charge in [-0.1, -0.05) is 19.1 Å². The Kier molecular flexibility index (Phi) is 6.34. The molecular formula is C13H21NOS. The molecule has 0 aromatic heterocycles. The predicted molar refractivity (Wildman–Crippen MR) is 72.4 cm³/mol. The normalized spacial score (nSPS) is 12.4. The number of nitrogens with one attached hydrogen (secondary N) is 1. The number of hydrogen-bond donors (Lipinski definition) is 1. The Hall–Kier alpha value is -0.670. The Morgan fingerprint density at radius 3 is 2.50 bits per heavy atom. The third-order valence-electron chi connectivity index (χ3n) is 2.50. The van der Waals surface area contributed by atoms with Crippen molar-refractivity contribution >= 4 is 11.8 Å². The van der Waals surface area contributed by atoms with Crippen LogP contribution in [-0.2, 0) is 0 Å². The maximum Gasteiger partial charge on any atom is 0.118 e. The first-order valence-corrected chi connectivity index (χ1v) is 6.86. The highest BCUT2D eigenvalue weighted by molar-refractivity contribution is 7.99. The van der Waals surface area contributed by atoms with Crippen molar-refractivity contribution in [3.63, 3.8) is 0 Å². The van der Waals surface area contributed by atoms with Crippen LogP contribution in [0.3, 0.4) is 0 Å². The van der Waals surface area contributed by atoms with Gasteiger partial charge in [0, 0.05) is 11.8 Å². The van der Waals surface area contributed by atoms with Gasteiger partial charge < -0.3 is 10.1 Å². The Morgan fingerprint density at radius 2 is 2.00 bits per heavy atom. The Morgan fingerprint density at radius 1 is 1.31 bits per heavy atom. The number of methoxy groups -OCH3 is 1. The van der Waals surface area contributed by atoms with Gasteiger partial charge in [0.25, 0.3) is 0 Å². The number of rotatable bonds is 7. The second kappa shape index (κ2) is 7.58. The molecule has 2 nitrogen and oxygen atoms in total. The number of ether oxygens (including phenoxy) is 1. The molecule has 1 atom stereocenters. The lowest BCUT2D eigenvalue weighted by Gasteiger charge is -2.16. The van der Waals surface area contributed by atoms with Crippen molar-refractivity contribution in [2.45, 2.75) is 19.4 Å². The van der Waals surface area contributed by atoms with Crippen molar-refractivity contribution in [3.8, 4) is 5.75 Å². The van der Waals surface area contributed by atoms with Gasteiger partial charge in [-0.15, -0.1) is 0 Å². The summed E-state index contributed by atoms with van der Waals surface area (Å²) < 4.78 is 5.16. The maximum absolute atomic E-state index is 5.16. The maximum atomic E-state index is 5.16. The van der Waals surface area contributed by atoms with Crippen LogP contribution in [0.5, 0.6) is 5.75 Å². The summed E-state index contributed by atoms with van der Waals surface area (Å²) in [6, 6.07) is 8.73. The van der Waals surface area contributed by atoms with Crippen LogP contribution in [0.1, 0.15) is 24.9 Å². The van der Waals surface area contributed by atoms with Gasteiger partial charge in [0.1, 0.15) is 5.75 Å². The summed E-state index contributed by atoms with van der Waals surface area (Å²) in [5.74, 6) is 3.27. The summed E-state index contributed by atoms with van der Waals surface area (Å²) in [6.07, 6.45) is 1.24. The van der Waals surface area contributed by atoms with Crippen molar-refractivity contribution < 1.29 is 4.74 Å². The Labute approximate surface area is 103 Å². The summed E-state index contributed by atoms with van der Waals surface area (Å²) in [4.78, 5) is 0. The molecule has 1 aromatic carbocycles. The van der Waals surface area contributed by atoms with Crippen LogP contribution in [0.4, 0.5) is 0 Å². The molecule has 0 bridgehead atoms. The van der Waals surface area contributed by atoms with Gasteiger partial charge >= 0.3 is 0 Å². The predicted octanol–water partition coefficient (Wildman–Crippen LogP) is 3.10. The molecule has 0 amide bonds. The first kappa shape index (κ1) is 13.4. The molecule has 0 radical (unpaired) electrons. The van der Waals surface area contributed by atoms with Gasteiger partial charge in [-0.05, 0) is 36.9 Å². The van der Waals surface area contributed by atoms with Crippen molar-refractivity contribution in [2.75, 3.05) is 25.7 Å². The van der Waals surface area contributed by atoms with Crippen LogP contribution < -0.4 is 10.1 Å². The largest absolute Gasteiger partial charge is 0.497 e. The first-order chi connectivity index (χ1) is 7.81. The van der Waals surface area contributed by atoms with Crippen LogP contribution in [0.2, 0.25) is 0 Å². The van der Waals surface area contributed by atoms with Gasteiger partial charge in [0.15, 0.2) is 0 Å². The second-order valence-electron chi connectivity index (χ2n) is 3.69. The highest BCUT2D eigenvalue weighted by atomic mass is 32.2. The molecular weight excluding hydrogens is 218 g/mol. The first-order valence-electron chi connectivity index (χ1n) is 5.70. The van der Waals surface area contributed by atoms with Crippen molar-refractivity contribution in [1.82, 2.24) is 5.32 Å². The smallest absolute Gasteiger partial charge is 0.118 e. The summed E-state index contributed by atoms with van der Waals surface area (Å²) in [7, 11) is 3.71. The zero-order valence-corrected chi connectivity index (χ0v) is 11.1. The van der Waals surface area contributed by atoms with E-state index in [4.69, 9.17) is 4.74 Å². The molecule has 1 unspecified atom stereocenters. The van der Waals surface area contributed by atoms with E-state index < -0.39 is 0 Å². The minimum absolute atomic E-state index is 0.433. The summed E-state index contributed by atoms with van der Waals surface area (Å²) in [5, 5.41) is 3.35. The highest BCUT2D eigenvalue weighted by Crippen LogP contribution is 2.21. The van der Waals surface area contributed by atoms with E-state index in [1.807, 2.05) is 30.9 Å². The molecule has 0 saturated heterocycles. The molecule has 0 aliphatic rings. The second-order valence-corrected chi connectivity index (χ2v) is 4.84. The van der Waals surface area contributed by atoms with E-state index in [9.17, 15) is 0 Å². The molecule has 16 heavy (non-hydrogen) atoms. The van der Waals surface area contributed by atoms with Crippen molar-refractivity contribution in [3.05, 3.63) is 29.8 Å². The minimum atomic E-state index is 0.433. The molecule has 1 rings (SSSR count). The molecule has 0 fully saturated rings. The van der Waals surface area contributed by atoms with E-state index in [1.54, 1.807) is 7.11 Å². The summed E-state index contributed by atoms with van der Waals surface area (Å²) in [5.41, 5.74) is 1.33. The summed E-state index contributed by atoms with van der Waals surface area (Å²) in [6.45, 7) is 2.22. The average Bonchev–Trinajstić information content (AvgIpc) is 2.35. The standard InChI is InChI=1S/C13H21NOS/c1-4-9-16-10-13(14-2)11-5-7-12(15-3)8-6-11/h5-8,13-14H,4,9-10H2,1-3H3. The molecule has 0 spiro atoms. The van der Waals surface area contributed by atoms with Gasteiger partial charge in [-0.2, -0.15) is 11.8 Å². The lowest BCUT2D eigenvalue weighted by molar-refractivity contribution is 0.414. The number of thioether (sulfide) groups is 1. The number of hydrogen-bond acceptors (Lipinski definition) is 3. The molecule has 1 N–H and O–H groups in total. The number of benzene rings is 1. The van der Waals surface area contributed by atoms with Crippen molar-refractivity contribution in [2.24, 2.45) is 0 Å². The fraction of sp³-hybridized carbons (Fsp3) is 0.538. The third-order valence-corrected chi connectivity index (χ3v) is 3.77. The molecule has 0 aliphatic carbocycles. The molecule has 90 valence electrons. The van der Waals surface area contributed by atoms with Crippen LogP contribution in [-0.4, -0.2) is 25.7 Å². The topological polar surface area (TPSA) is 21.3 Å². The van der Waals surface area contributed by atoms with Gasteiger partial charge in [-0.25, -0.2) is 0 Å². The molecule has 3 heteroatoms. The molecule has 0 aliphatic heterocycles. The van der Waals surface area contributed by atoms with E-state index in [2.05, 4.69) is 24.4 Å². The van der Waals surface area contributed by atoms with Gasteiger partial charge in [-0.3, -0.25) is 0 Å². The lowest BCUT2D eigenvalue weighted by Crippen LogP contribution is -2.18. The SMILES string of the molecule is CCCSCC(NC)c1ccc(OC)cc1. The van der Waals surface area contributed by atoms with Gasteiger partial charge in [0.2, 0.25) is 0 Å². The fourth-order valence-electron chi connectivity index (χ4n) is 1.53. The monoisotopic (exact) mass is 239 g/mol. The van der Waals surface area contributed by atoms with Crippen LogP contribution in [0.15, 0.2) is 24.3 Å². The zero-order chi connectivity index (χ0) is 11.8. The van der Waals surface area contributed by atoms with E-state index in [1.165, 1.54) is 17.7 Å². The van der Waals surface area contributed by atoms with Crippen LogP contribution >= 0.6 is 11.8 Å². The zero-order valence-electron chi connectivity index (χ0n) is 10.3. The molecule has 0 saturated carbocycles. The molecule has 1 aromatic rings. The fourth-order valence-corrected chi connectivity index (χ4v) is 2.58. The lowest BCUT2D eigenvalue weighted by atomic mass is 10.1. The Bertz CT molecular complexity index is 286.